The molecule has 0 aliphatic rings. The summed E-state index contributed by atoms with van der Waals surface area (Å²) >= 11 is 0. The van der Waals surface area contributed by atoms with Crippen LogP contribution in [0.2, 0.25) is 0 Å². The molecule has 27 heavy (non-hydrogen) atoms. The lowest BCUT2D eigenvalue weighted by Gasteiger charge is -2.16. The van der Waals surface area contributed by atoms with Gasteiger partial charge in [-0.1, -0.05) is 42.5 Å². The highest BCUT2D eigenvalue weighted by molar-refractivity contribution is 6.04. The topological polar surface area (TPSA) is 88.3 Å². The maximum Gasteiger partial charge on any atom is 0.255 e. The van der Waals surface area contributed by atoms with Crippen LogP contribution in [-0.2, 0) is 17.8 Å². The number of nitrogens with one attached hydrogen (secondary N) is 1. The third kappa shape index (κ3) is 5.23. The first kappa shape index (κ1) is 18.3. The molecule has 0 bridgehead atoms. The monoisotopic (exact) mass is 360 g/mol. The van der Waals surface area contributed by atoms with Gasteiger partial charge in [-0.05, 0) is 35.4 Å². The van der Waals surface area contributed by atoms with Crippen LogP contribution in [0.1, 0.15) is 21.5 Å². The van der Waals surface area contributed by atoms with Gasteiger partial charge in [0.25, 0.3) is 5.91 Å². The molecule has 0 unspecified atom stereocenters. The molecule has 0 aliphatic heterocycles. The fraction of sp³-hybridized carbons (Fsp3) is 0.0952. The maximum absolute atomic E-state index is 12.3. The highest BCUT2D eigenvalue weighted by atomic mass is 16.2. The summed E-state index contributed by atoms with van der Waals surface area (Å²) in [5, 5.41) is 4.00. The van der Waals surface area contributed by atoms with Gasteiger partial charge in [-0.25, -0.2) is 5.84 Å². The van der Waals surface area contributed by atoms with Gasteiger partial charge in [0.05, 0.1) is 13.0 Å². The minimum atomic E-state index is -0.219. The molecule has 3 aromatic rings. The number of nitrogens with two attached hydrogens (primary N) is 1. The van der Waals surface area contributed by atoms with Crippen LogP contribution in [0.15, 0.2) is 79.1 Å². The second-order valence-electron chi connectivity index (χ2n) is 6.07. The fourth-order valence-corrected chi connectivity index (χ4v) is 2.56. The summed E-state index contributed by atoms with van der Waals surface area (Å²) in [6, 6.07) is 19.9. The van der Waals surface area contributed by atoms with Crippen LogP contribution in [-0.4, -0.2) is 21.8 Å². The molecule has 0 fully saturated rings. The first-order valence-corrected chi connectivity index (χ1v) is 8.51. The number of amides is 2. The quantitative estimate of drug-likeness (QED) is 0.402. The van der Waals surface area contributed by atoms with Gasteiger partial charge in [-0.2, -0.15) is 0 Å². The maximum atomic E-state index is 12.3. The van der Waals surface area contributed by atoms with Crippen molar-refractivity contribution in [3.8, 4) is 0 Å². The van der Waals surface area contributed by atoms with Crippen molar-refractivity contribution in [3.63, 3.8) is 0 Å². The van der Waals surface area contributed by atoms with Gasteiger partial charge in [0.1, 0.15) is 0 Å². The molecule has 0 spiro atoms. The van der Waals surface area contributed by atoms with E-state index in [0.29, 0.717) is 17.8 Å². The number of carbonyl (C=O) groups is 2. The predicted molar refractivity (Wildman–Crippen MR) is 104 cm³/mol. The first-order chi connectivity index (χ1) is 13.1. The van der Waals surface area contributed by atoms with Gasteiger partial charge >= 0.3 is 0 Å². The predicted octanol–water partition coefficient (Wildman–Crippen LogP) is 2.78. The molecule has 0 saturated carbocycles. The number of aromatic nitrogens is 1. The normalized spacial score (nSPS) is 10.3. The zero-order valence-electron chi connectivity index (χ0n) is 14.7. The van der Waals surface area contributed by atoms with E-state index in [1.807, 2.05) is 30.3 Å². The molecule has 0 radical (unpaired) electrons. The summed E-state index contributed by atoms with van der Waals surface area (Å²) < 4.78 is 0. The zero-order valence-corrected chi connectivity index (χ0v) is 14.7. The number of hydrazine groups is 1. The van der Waals surface area contributed by atoms with Gasteiger partial charge in [-0.15, -0.1) is 0 Å². The third-order valence-electron chi connectivity index (χ3n) is 4.03. The number of hydrogen-bond donors (Lipinski definition) is 2. The summed E-state index contributed by atoms with van der Waals surface area (Å²) in [5.74, 6) is 5.47. The van der Waals surface area contributed by atoms with Crippen molar-refractivity contribution in [3.05, 3.63) is 95.8 Å². The average molecular weight is 360 g/mol. The second-order valence-corrected chi connectivity index (χ2v) is 6.07. The highest BCUT2D eigenvalue weighted by Gasteiger charge is 2.12. The number of hydrogen-bond acceptors (Lipinski definition) is 4. The minimum absolute atomic E-state index is 0.176. The molecule has 6 heteroatoms. The lowest BCUT2D eigenvalue weighted by atomic mass is 10.1. The molecule has 6 nitrogen and oxygen atoms in total. The average Bonchev–Trinajstić information content (AvgIpc) is 2.70. The van der Waals surface area contributed by atoms with Crippen LogP contribution in [0, 0.1) is 0 Å². The summed E-state index contributed by atoms with van der Waals surface area (Å²) in [6.45, 7) is 0.353. The molecule has 1 heterocycles. The molecule has 2 amide bonds. The zero-order chi connectivity index (χ0) is 19.1. The van der Waals surface area contributed by atoms with Crippen molar-refractivity contribution < 1.29 is 9.59 Å². The first-order valence-electron chi connectivity index (χ1n) is 8.51. The van der Waals surface area contributed by atoms with E-state index < -0.39 is 0 Å². The summed E-state index contributed by atoms with van der Waals surface area (Å²) in [4.78, 5) is 28.4. The Morgan fingerprint density at radius 3 is 2.22 bits per heavy atom. The van der Waals surface area contributed by atoms with Gasteiger partial charge in [-0.3, -0.25) is 19.6 Å². The van der Waals surface area contributed by atoms with Crippen molar-refractivity contribution >= 4 is 17.5 Å². The Bertz CT molecular complexity index is 896. The summed E-state index contributed by atoms with van der Waals surface area (Å²) in [5.41, 5.74) is 2.95. The Morgan fingerprint density at radius 2 is 1.56 bits per heavy atom. The number of rotatable bonds is 6. The molecule has 0 atom stereocenters. The Labute approximate surface area is 157 Å². The van der Waals surface area contributed by atoms with E-state index >= 15 is 0 Å². The van der Waals surface area contributed by atoms with Crippen LogP contribution in [0.25, 0.3) is 0 Å². The van der Waals surface area contributed by atoms with Crippen LogP contribution in [0.5, 0.6) is 0 Å². The number of anilines is 1. The number of nitrogens with zero attached hydrogens (tertiary/aromatic N) is 2. The van der Waals surface area contributed by atoms with E-state index in [1.54, 1.807) is 48.8 Å². The molecule has 2 aromatic carbocycles. The van der Waals surface area contributed by atoms with Crippen molar-refractivity contribution in [1.29, 1.82) is 0 Å². The summed E-state index contributed by atoms with van der Waals surface area (Å²) in [6.07, 6.45) is 3.40. The number of carbonyl (C=O) groups excluding carboxylic acids is 2. The van der Waals surface area contributed by atoms with Gasteiger partial charge in [0, 0.05) is 23.6 Å². The van der Waals surface area contributed by atoms with E-state index in [0.717, 1.165) is 11.1 Å². The fourth-order valence-electron chi connectivity index (χ4n) is 2.56. The van der Waals surface area contributed by atoms with E-state index in [1.165, 1.54) is 5.01 Å². The molecular formula is C21H20N4O2. The van der Waals surface area contributed by atoms with Crippen LogP contribution in [0.4, 0.5) is 5.69 Å². The van der Waals surface area contributed by atoms with E-state index in [-0.39, 0.29) is 18.2 Å². The molecule has 0 aliphatic carbocycles. The van der Waals surface area contributed by atoms with Crippen LogP contribution in [0.3, 0.4) is 0 Å². The molecule has 136 valence electrons. The number of pyridine rings is 1. The minimum Gasteiger partial charge on any atom is -0.322 e. The largest absolute Gasteiger partial charge is 0.322 e. The van der Waals surface area contributed by atoms with Crippen LogP contribution < -0.4 is 11.2 Å². The van der Waals surface area contributed by atoms with Gasteiger partial charge in [0.2, 0.25) is 5.91 Å². The molecule has 1 aromatic heterocycles. The van der Waals surface area contributed by atoms with E-state index in [2.05, 4.69) is 10.3 Å². The lowest BCUT2D eigenvalue weighted by Crippen LogP contribution is -2.37. The Hall–Kier alpha value is -3.51. The van der Waals surface area contributed by atoms with Gasteiger partial charge < -0.3 is 5.32 Å². The standard InChI is InChI=1S/C21H20N4O2/c22-25(15-17-4-2-1-3-5-17)20(26)14-16-6-8-18(9-7-16)21(27)24-19-10-12-23-13-11-19/h1-13H,14-15,22H2,(H,23,24,27). The van der Waals surface area contributed by atoms with Crippen molar-refractivity contribution in [1.82, 2.24) is 9.99 Å². The van der Waals surface area contributed by atoms with Crippen molar-refractivity contribution in [2.24, 2.45) is 5.84 Å². The Kier molecular flexibility index (Phi) is 5.91. The third-order valence-corrected chi connectivity index (χ3v) is 4.03. The van der Waals surface area contributed by atoms with Crippen molar-refractivity contribution in [2.75, 3.05) is 5.32 Å². The van der Waals surface area contributed by atoms with Crippen molar-refractivity contribution in [2.45, 2.75) is 13.0 Å². The molecule has 3 N–H and O–H groups in total. The smallest absolute Gasteiger partial charge is 0.255 e. The molecular weight excluding hydrogens is 340 g/mol. The lowest BCUT2D eigenvalue weighted by molar-refractivity contribution is -0.131. The Balaban J connectivity index is 1.56. The highest BCUT2D eigenvalue weighted by Crippen LogP contribution is 2.11. The number of benzene rings is 2. The Morgan fingerprint density at radius 1 is 0.889 bits per heavy atom. The molecule has 3 rings (SSSR count). The van der Waals surface area contributed by atoms with E-state index in [4.69, 9.17) is 5.84 Å². The SMILES string of the molecule is NN(Cc1ccccc1)C(=O)Cc1ccc(C(=O)Nc2ccncc2)cc1. The second kappa shape index (κ2) is 8.73. The van der Waals surface area contributed by atoms with Gasteiger partial charge in [0.15, 0.2) is 0 Å². The van der Waals surface area contributed by atoms with E-state index in [9.17, 15) is 9.59 Å². The molecule has 0 saturated heterocycles. The summed E-state index contributed by atoms with van der Waals surface area (Å²) in [7, 11) is 0. The van der Waals surface area contributed by atoms with Crippen LogP contribution >= 0.6 is 0 Å².